The first kappa shape index (κ1) is 28.5. The van der Waals surface area contributed by atoms with Gasteiger partial charge in [-0.25, -0.2) is 31.5 Å². The summed E-state index contributed by atoms with van der Waals surface area (Å²) in [6.07, 6.45) is 4.37. The number of anilines is 2. The first-order chi connectivity index (χ1) is 18.7. The molecule has 1 fully saturated rings. The summed E-state index contributed by atoms with van der Waals surface area (Å²) in [6.45, 7) is 3.84. The van der Waals surface area contributed by atoms with Crippen LogP contribution in [0.15, 0.2) is 53.8 Å². The third kappa shape index (κ3) is 6.06. The maximum absolute atomic E-state index is 15.6. The molecule has 0 aliphatic carbocycles. The molecule has 0 spiro atoms. The number of piperidine rings is 1. The fourth-order valence-corrected chi connectivity index (χ4v) is 6.24. The number of sulfonamides is 1. The Kier molecular flexibility index (Phi) is 8.86. The molecule has 1 aromatic heterocycles. The number of methoxy groups -OCH3 is 2. The number of hydrogen-bond acceptors (Lipinski definition) is 8. The van der Waals surface area contributed by atoms with Crippen molar-refractivity contribution in [3.63, 3.8) is 0 Å². The molecular formula is C27H33F2N5O4S. The smallest absolute Gasteiger partial charge is 0.271 e. The van der Waals surface area contributed by atoms with Crippen molar-refractivity contribution in [3.8, 4) is 11.5 Å². The van der Waals surface area contributed by atoms with Crippen LogP contribution >= 0.6 is 0 Å². The highest BCUT2D eigenvalue weighted by Crippen LogP contribution is 2.34. The molecule has 210 valence electrons. The highest BCUT2D eigenvalue weighted by atomic mass is 32.2. The molecule has 2 aromatic carbocycles. The van der Waals surface area contributed by atoms with Crippen LogP contribution in [0, 0.1) is 11.6 Å². The normalized spacial score (nSPS) is 15.9. The first-order valence-corrected chi connectivity index (χ1v) is 14.1. The van der Waals surface area contributed by atoms with Gasteiger partial charge < -0.3 is 19.3 Å². The minimum absolute atomic E-state index is 0.0489. The fraction of sp³-hybridized carbons (Fsp3) is 0.407. The maximum Gasteiger partial charge on any atom is 0.271 e. The molecule has 0 N–H and O–H groups in total. The molecule has 1 aliphatic rings. The Bertz CT molecular complexity index is 1370. The molecule has 1 unspecified atom stereocenters. The number of likely N-dealkylation sites (N-methyl/N-ethyl adjacent to an activating group) is 1. The quantitative estimate of drug-likeness (QED) is 0.366. The third-order valence-electron chi connectivity index (χ3n) is 7.05. The van der Waals surface area contributed by atoms with Gasteiger partial charge in [0.25, 0.3) is 10.0 Å². The second-order valence-electron chi connectivity index (χ2n) is 9.31. The molecule has 0 amide bonds. The van der Waals surface area contributed by atoms with Gasteiger partial charge in [0.15, 0.2) is 4.90 Å². The average molecular weight is 562 g/mol. The Balaban J connectivity index is 1.73. The number of benzene rings is 2. The van der Waals surface area contributed by atoms with Crippen LogP contribution in [0.4, 0.5) is 20.3 Å². The summed E-state index contributed by atoms with van der Waals surface area (Å²) < 4.78 is 70.4. The van der Waals surface area contributed by atoms with E-state index in [-0.39, 0.29) is 18.4 Å². The van der Waals surface area contributed by atoms with Gasteiger partial charge in [-0.15, -0.1) is 0 Å². The van der Waals surface area contributed by atoms with Gasteiger partial charge in [-0.05, 0) is 50.7 Å². The number of aromatic nitrogens is 2. The molecule has 1 aliphatic heterocycles. The fourth-order valence-electron chi connectivity index (χ4n) is 4.75. The van der Waals surface area contributed by atoms with Gasteiger partial charge in [-0.3, -0.25) is 0 Å². The molecule has 2 heterocycles. The van der Waals surface area contributed by atoms with E-state index in [2.05, 4.69) is 21.8 Å². The van der Waals surface area contributed by atoms with E-state index >= 15 is 8.78 Å². The van der Waals surface area contributed by atoms with E-state index in [9.17, 15) is 8.42 Å². The highest BCUT2D eigenvalue weighted by molar-refractivity contribution is 7.92. The molecule has 4 rings (SSSR count). The summed E-state index contributed by atoms with van der Waals surface area (Å²) in [5.41, 5.74) is 0.751. The Hall–Kier alpha value is -3.51. The second kappa shape index (κ2) is 12.1. The monoisotopic (exact) mass is 561 g/mol. The number of nitrogens with zero attached hydrogens (tertiary/aromatic N) is 5. The molecule has 0 radical (unpaired) electrons. The van der Waals surface area contributed by atoms with Crippen LogP contribution in [0.3, 0.4) is 0 Å². The van der Waals surface area contributed by atoms with Crippen LogP contribution in [0.5, 0.6) is 11.5 Å². The lowest BCUT2D eigenvalue weighted by Gasteiger charge is -2.38. The van der Waals surface area contributed by atoms with Crippen LogP contribution in [0.1, 0.15) is 25.3 Å². The minimum atomic E-state index is -4.75. The zero-order valence-electron chi connectivity index (χ0n) is 22.5. The number of rotatable bonds is 10. The number of hydrogen-bond donors (Lipinski definition) is 0. The molecule has 12 heteroatoms. The zero-order chi connectivity index (χ0) is 28.2. The second-order valence-corrected chi connectivity index (χ2v) is 11.1. The Morgan fingerprint density at radius 2 is 1.85 bits per heavy atom. The third-order valence-corrected chi connectivity index (χ3v) is 8.85. The summed E-state index contributed by atoms with van der Waals surface area (Å²) in [4.78, 5) is 10.9. The molecular weight excluding hydrogens is 528 g/mol. The Morgan fingerprint density at radius 1 is 1.10 bits per heavy atom. The van der Waals surface area contributed by atoms with Crippen LogP contribution in [0.2, 0.25) is 0 Å². The molecule has 39 heavy (non-hydrogen) atoms. The van der Waals surface area contributed by atoms with E-state index in [1.807, 2.05) is 11.9 Å². The van der Waals surface area contributed by atoms with Gasteiger partial charge in [-0.2, -0.15) is 0 Å². The topological polar surface area (TPSA) is 88.1 Å². The highest BCUT2D eigenvalue weighted by Gasteiger charge is 2.34. The largest absolute Gasteiger partial charge is 0.497 e. The van der Waals surface area contributed by atoms with Crippen molar-refractivity contribution in [2.45, 2.75) is 37.2 Å². The predicted molar refractivity (Wildman–Crippen MR) is 145 cm³/mol. The predicted octanol–water partition coefficient (Wildman–Crippen LogP) is 4.09. The van der Waals surface area contributed by atoms with E-state index in [4.69, 9.17) is 9.47 Å². The van der Waals surface area contributed by atoms with Gasteiger partial charge in [-0.1, -0.05) is 6.92 Å². The van der Waals surface area contributed by atoms with Crippen molar-refractivity contribution < 1.29 is 26.7 Å². The SMILES string of the molecule is CCN(C)C1CCCN(c2cc(F)c(S(=O)(=O)N(Cc3ccc(OC)cc3OC)c3ccncn3)c(F)c2)C1. The number of halogens is 2. The summed E-state index contributed by atoms with van der Waals surface area (Å²) in [5, 5.41) is 0. The molecule has 0 saturated carbocycles. The van der Waals surface area contributed by atoms with E-state index in [1.165, 1.54) is 32.8 Å². The molecule has 1 saturated heterocycles. The van der Waals surface area contributed by atoms with Crippen LogP contribution in [-0.2, 0) is 16.6 Å². The standard InChI is InChI=1S/C27H33F2N5O4S/c1-5-32(2)20-7-6-12-33(17-20)21-13-23(28)27(24(29)14-21)39(35,36)34(26-10-11-30-18-31-26)16-19-8-9-22(37-3)15-25(19)38-4/h8-11,13-15,18,20H,5-7,12,16-17H2,1-4H3. The molecule has 9 nitrogen and oxygen atoms in total. The van der Waals surface area contributed by atoms with Gasteiger partial charge >= 0.3 is 0 Å². The van der Waals surface area contributed by atoms with Crippen molar-refractivity contribution in [2.24, 2.45) is 0 Å². The Labute approximate surface area is 228 Å². The van der Waals surface area contributed by atoms with E-state index in [0.29, 0.717) is 35.8 Å². The summed E-state index contributed by atoms with van der Waals surface area (Å²) in [5.74, 6) is -1.54. The zero-order valence-corrected chi connectivity index (χ0v) is 23.3. The van der Waals surface area contributed by atoms with Gasteiger partial charge in [0.2, 0.25) is 0 Å². The van der Waals surface area contributed by atoms with Crippen molar-refractivity contribution in [3.05, 3.63) is 66.1 Å². The average Bonchev–Trinajstić information content (AvgIpc) is 2.95. The van der Waals surface area contributed by atoms with Crippen molar-refractivity contribution in [1.82, 2.24) is 14.9 Å². The molecule has 1 atom stereocenters. The van der Waals surface area contributed by atoms with Gasteiger partial charge in [0.1, 0.15) is 35.3 Å². The van der Waals surface area contributed by atoms with Gasteiger partial charge in [0.05, 0.1) is 20.8 Å². The lowest BCUT2D eigenvalue weighted by Crippen LogP contribution is -2.46. The van der Waals surface area contributed by atoms with E-state index in [1.54, 1.807) is 18.2 Å². The van der Waals surface area contributed by atoms with Crippen LogP contribution in [-0.4, -0.2) is 70.2 Å². The van der Waals surface area contributed by atoms with E-state index in [0.717, 1.165) is 35.8 Å². The Morgan fingerprint density at radius 3 is 2.46 bits per heavy atom. The minimum Gasteiger partial charge on any atom is -0.497 e. The lowest BCUT2D eigenvalue weighted by molar-refractivity contribution is 0.225. The first-order valence-electron chi connectivity index (χ1n) is 12.6. The van der Waals surface area contributed by atoms with Crippen molar-refractivity contribution in [2.75, 3.05) is 50.1 Å². The number of ether oxygens (including phenoxy) is 2. The van der Waals surface area contributed by atoms with Crippen molar-refractivity contribution in [1.29, 1.82) is 0 Å². The lowest BCUT2D eigenvalue weighted by atomic mass is 10.0. The van der Waals surface area contributed by atoms with Gasteiger partial charge in [0, 0.05) is 48.7 Å². The summed E-state index contributed by atoms with van der Waals surface area (Å²) in [6, 6.07) is 8.64. The van der Waals surface area contributed by atoms with Crippen LogP contribution < -0.4 is 18.7 Å². The molecule has 3 aromatic rings. The summed E-state index contributed by atoms with van der Waals surface area (Å²) >= 11 is 0. The molecule has 0 bridgehead atoms. The van der Waals surface area contributed by atoms with Crippen LogP contribution in [0.25, 0.3) is 0 Å². The van der Waals surface area contributed by atoms with Crippen molar-refractivity contribution >= 4 is 21.5 Å². The summed E-state index contributed by atoms with van der Waals surface area (Å²) in [7, 11) is 0.195. The van der Waals surface area contributed by atoms with E-state index < -0.39 is 26.6 Å². The maximum atomic E-state index is 15.6.